The van der Waals surface area contributed by atoms with Crippen LogP contribution in [-0.4, -0.2) is 35.8 Å². The van der Waals surface area contributed by atoms with Crippen LogP contribution >= 0.6 is 11.5 Å². The molecule has 2 aliphatic rings. The van der Waals surface area contributed by atoms with Crippen molar-refractivity contribution in [3.8, 4) is 5.75 Å². The van der Waals surface area contributed by atoms with Gasteiger partial charge in [-0.15, -0.1) is 0 Å². The van der Waals surface area contributed by atoms with E-state index in [4.69, 9.17) is 10.5 Å². The maximum Gasteiger partial charge on any atom is 0.197 e. The number of nitrogens with two attached hydrogens (primary N) is 1. The molecule has 0 radical (unpaired) electrons. The molecule has 5 nitrogen and oxygen atoms in total. The molecule has 94 valence electrons. The van der Waals surface area contributed by atoms with Crippen LogP contribution in [0.4, 0.5) is 10.8 Å². The van der Waals surface area contributed by atoms with E-state index in [2.05, 4.69) is 9.27 Å². The lowest BCUT2D eigenvalue weighted by atomic mass is 10.00. The van der Waals surface area contributed by atoms with Crippen molar-refractivity contribution in [2.45, 2.75) is 18.9 Å². The molecule has 2 heterocycles. The number of ether oxygens (including phenoxy) is 1. The summed E-state index contributed by atoms with van der Waals surface area (Å²) in [5, 5.41) is 10.9. The zero-order valence-corrected chi connectivity index (χ0v) is 10.6. The van der Waals surface area contributed by atoms with Crippen LogP contribution in [0.5, 0.6) is 5.75 Å². The van der Waals surface area contributed by atoms with Crippen molar-refractivity contribution in [2.24, 2.45) is 11.8 Å². The molecule has 0 amide bonds. The zero-order valence-electron chi connectivity index (χ0n) is 9.80. The summed E-state index contributed by atoms with van der Waals surface area (Å²) in [4.78, 5) is 2.25. The Labute approximate surface area is 104 Å². The molecule has 1 aromatic heterocycles. The second-order valence-electron chi connectivity index (χ2n) is 4.88. The molecule has 0 spiro atoms. The fraction of sp³-hybridized carbons (Fsp3) is 0.727. The Kier molecular flexibility index (Phi) is 2.63. The molecular weight excluding hydrogens is 238 g/mol. The largest absolute Gasteiger partial charge is 0.490 e. The minimum absolute atomic E-state index is 0.138. The van der Waals surface area contributed by atoms with Gasteiger partial charge in [-0.1, -0.05) is 0 Å². The summed E-state index contributed by atoms with van der Waals surface area (Å²) in [5.74, 6) is 2.16. The molecule has 3 rings (SSSR count). The standard InChI is InChI=1S/C11H17N3O2S/c1-16-9-10(12)13-17-11(9)14-4-6-2-3-8(15)7(6)5-14/h6-8,15H,2-5H2,1H3,(H2,12,13). The van der Waals surface area contributed by atoms with E-state index in [1.54, 1.807) is 7.11 Å². The van der Waals surface area contributed by atoms with E-state index in [9.17, 15) is 5.11 Å². The maximum absolute atomic E-state index is 9.90. The number of aliphatic hydroxyl groups excluding tert-OH is 1. The molecule has 3 unspecified atom stereocenters. The predicted molar refractivity (Wildman–Crippen MR) is 67.5 cm³/mol. The molecule has 1 aliphatic heterocycles. The first-order valence-electron chi connectivity index (χ1n) is 5.93. The first-order valence-corrected chi connectivity index (χ1v) is 6.70. The van der Waals surface area contributed by atoms with Crippen LogP contribution in [0.3, 0.4) is 0 Å². The van der Waals surface area contributed by atoms with Crippen LogP contribution in [0.25, 0.3) is 0 Å². The number of aliphatic hydroxyl groups is 1. The van der Waals surface area contributed by atoms with Gasteiger partial charge in [-0.3, -0.25) is 0 Å². The molecule has 1 saturated carbocycles. The summed E-state index contributed by atoms with van der Waals surface area (Å²) in [6.07, 6.45) is 1.94. The van der Waals surface area contributed by atoms with E-state index in [0.717, 1.165) is 30.9 Å². The summed E-state index contributed by atoms with van der Waals surface area (Å²) in [7, 11) is 1.62. The molecule has 0 aromatic carbocycles. The number of fused-ring (bicyclic) bond motifs is 1. The minimum Gasteiger partial charge on any atom is -0.490 e. The number of nitrogens with zero attached hydrogens (tertiary/aromatic N) is 2. The fourth-order valence-electron chi connectivity index (χ4n) is 3.08. The fourth-order valence-corrected chi connectivity index (χ4v) is 3.88. The van der Waals surface area contributed by atoms with Crippen molar-refractivity contribution in [2.75, 3.05) is 30.8 Å². The van der Waals surface area contributed by atoms with Gasteiger partial charge in [0.25, 0.3) is 0 Å². The van der Waals surface area contributed by atoms with Crippen molar-refractivity contribution >= 4 is 22.4 Å². The Morgan fingerprint density at radius 2 is 2.29 bits per heavy atom. The van der Waals surface area contributed by atoms with Gasteiger partial charge in [-0.05, 0) is 30.3 Å². The lowest BCUT2D eigenvalue weighted by Gasteiger charge is -2.19. The summed E-state index contributed by atoms with van der Waals surface area (Å²) >= 11 is 1.38. The van der Waals surface area contributed by atoms with E-state index in [0.29, 0.717) is 23.4 Å². The number of methoxy groups -OCH3 is 1. The van der Waals surface area contributed by atoms with E-state index >= 15 is 0 Å². The summed E-state index contributed by atoms with van der Waals surface area (Å²) < 4.78 is 9.43. The van der Waals surface area contributed by atoms with E-state index in [1.165, 1.54) is 11.5 Å². The SMILES string of the molecule is COc1c(N)nsc1N1CC2CCC(O)C2C1. The van der Waals surface area contributed by atoms with Crippen molar-refractivity contribution in [3.05, 3.63) is 0 Å². The van der Waals surface area contributed by atoms with Crippen LogP contribution in [0.2, 0.25) is 0 Å². The number of rotatable bonds is 2. The second-order valence-corrected chi connectivity index (χ2v) is 5.63. The minimum atomic E-state index is -0.138. The molecular formula is C11H17N3O2S. The highest BCUT2D eigenvalue weighted by Gasteiger charge is 2.43. The second kappa shape index (κ2) is 4.03. The van der Waals surface area contributed by atoms with Crippen LogP contribution in [0.15, 0.2) is 0 Å². The van der Waals surface area contributed by atoms with Gasteiger partial charge in [0.15, 0.2) is 16.6 Å². The van der Waals surface area contributed by atoms with Crippen molar-refractivity contribution < 1.29 is 9.84 Å². The van der Waals surface area contributed by atoms with Gasteiger partial charge < -0.3 is 20.5 Å². The number of aromatic nitrogens is 1. The summed E-state index contributed by atoms with van der Waals surface area (Å²) in [6, 6.07) is 0. The lowest BCUT2D eigenvalue weighted by molar-refractivity contribution is 0.133. The maximum atomic E-state index is 9.90. The molecule has 17 heavy (non-hydrogen) atoms. The first-order chi connectivity index (χ1) is 8.20. The van der Waals surface area contributed by atoms with Crippen LogP contribution < -0.4 is 15.4 Å². The van der Waals surface area contributed by atoms with E-state index in [-0.39, 0.29) is 6.10 Å². The highest BCUT2D eigenvalue weighted by molar-refractivity contribution is 7.11. The molecule has 3 N–H and O–H groups in total. The summed E-state index contributed by atoms with van der Waals surface area (Å²) in [5.41, 5.74) is 5.76. The molecule has 1 aromatic rings. The molecule has 1 saturated heterocycles. The Morgan fingerprint density at radius 3 is 3.00 bits per heavy atom. The van der Waals surface area contributed by atoms with Crippen molar-refractivity contribution in [1.82, 2.24) is 4.37 Å². The van der Waals surface area contributed by atoms with Gasteiger partial charge in [-0.25, -0.2) is 0 Å². The quantitative estimate of drug-likeness (QED) is 0.823. The third kappa shape index (κ3) is 1.66. The highest BCUT2D eigenvalue weighted by atomic mass is 32.1. The molecule has 1 aliphatic carbocycles. The average molecular weight is 255 g/mol. The van der Waals surface area contributed by atoms with Crippen LogP contribution in [0, 0.1) is 11.8 Å². The first kappa shape index (κ1) is 11.1. The van der Waals surface area contributed by atoms with E-state index < -0.39 is 0 Å². The number of anilines is 2. The van der Waals surface area contributed by atoms with Gasteiger partial charge in [0.05, 0.1) is 13.2 Å². The predicted octanol–water partition coefficient (Wildman–Crippen LogP) is 0.941. The van der Waals surface area contributed by atoms with Crippen molar-refractivity contribution in [3.63, 3.8) is 0 Å². The molecule has 3 atom stereocenters. The van der Waals surface area contributed by atoms with Gasteiger partial charge >= 0.3 is 0 Å². The van der Waals surface area contributed by atoms with Gasteiger partial charge in [0, 0.05) is 19.0 Å². The third-order valence-corrected chi connectivity index (χ3v) is 4.87. The van der Waals surface area contributed by atoms with E-state index in [1.807, 2.05) is 0 Å². The lowest BCUT2D eigenvalue weighted by Crippen LogP contribution is -2.24. The Balaban J connectivity index is 1.82. The van der Waals surface area contributed by atoms with Crippen LogP contribution in [-0.2, 0) is 0 Å². The number of hydrogen-bond donors (Lipinski definition) is 2. The Bertz CT molecular complexity index is 423. The smallest absolute Gasteiger partial charge is 0.197 e. The van der Waals surface area contributed by atoms with Gasteiger partial charge in [0.2, 0.25) is 0 Å². The summed E-state index contributed by atoms with van der Waals surface area (Å²) in [6.45, 7) is 1.88. The Morgan fingerprint density at radius 1 is 1.47 bits per heavy atom. The molecule has 0 bridgehead atoms. The average Bonchev–Trinajstić information content (AvgIpc) is 2.95. The highest BCUT2D eigenvalue weighted by Crippen LogP contribution is 2.45. The van der Waals surface area contributed by atoms with Gasteiger partial charge in [-0.2, -0.15) is 4.37 Å². The van der Waals surface area contributed by atoms with Crippen molar-refractivity contribution in [1.29, 1.82) is 0 Å². The topological polar surface area (TPSA) is 71.6 Å². The van der Waals surface area contributed by atoms with Crippen LogP contribution in [0.1, 0.15) is 12.8 Å². The molecule has 2 fully saturated rings. The normalized spacial score (nSPS) is 31.9. The number of nitrogen functional groups attached to an aromatic ring is 1. The third-order valence-electron chi connectivity index (χ3n) is 3.97. The Hall–Kier alpha value is -1.01. The zero-order chi connectivity index (χ0) is 12.0. The number of hydrogen-bond acceptors (Lipinski definition) is 6. The monoisotopic (exact) mass is 255 g/mol. The van der Waals surface area contributed by atoms with Gasteiger partial charge in [0.1, 0.15) is 0 Å². The molecule has 6 heteroatoms.